The Labute approximate surface area is 121 Å². The van der Waals surface area contributed by atoms with Crippen LogP contribution in [-0.2, 0) is 9.59 Å². The number of carbonyl (C=O) groups is 2. The summed E-state index contributed by atoms with van der Waals surface area (Å²) in [6.07, 6.45) is -1.78. The monoisotopic (exact) mass is 294 g/mol. The predicted octanol–water partition coefficient (Wildman–Crippen LogP) is 0.502. The Morgan fingerprint density at radius 2 is 2.24 bits per heavy atom. The second kappa shape index (κ2) is 6.11. The zero-order valence-corrected chi connectivity index (χ0v) is 11.8. The van der Waals surface area contributed by atoms with Gasteiger partial charge in [0.1, 0.15) is 5.75 Å². The molecule has 0 saturated heterocycles. The minimum atomic E-state index is -1.01. The summed E-state index contributed by atoms with van der Waals surface area (Å²) >= 11 is 0. The topological polar surface area (TPSA) is 108 Å². The van der Waals surface area contributed by atoms with Crippen LogP contribution in [0.5, 0.6) is 5.75 Å². The third-order valence-electron chi connectivity index (χ3n) is 3.42. The fraction of sp³-hybridized carbons (Fsp3) is 0.429. The van der Waals surface area contributed by atoms with Gasteiger partial charge in [0.05, 0.1) is 18.2 Å². The zero-order valence-electron chi connectivity index (χ0n) is 11.8. The number of aliphatic carboxylic acids is 1. The average molecular weight is 294 g/mol. The molecule has 7 nitrogen and oxygen atoms in total. The highest BCUT2D eigenvalue weighted by molar-refractivity contribution is 5.97. The zero-order chi connectivity index (χ0) is 15.6. The number of ether oxygens (including phenoxy) is 1. The van der Waals surface area contributed by atoms with Crippen LogP contribution in [0.2, 0.25) is 0 Å². The Bertz CT molecular complexity index is 560. The van der Waals surface area contributed by atoms with Crippen LogP contribution >= 0.6 is 0 Å². The van der Waals surface area contributed by atoms with E-state index in [1.807, 2.05) is 0 Å². The smallest absolute Gasteiger partial charge is 0.305 e. The van der Waals surface area contributed by atoms with Gasteiger partial charge < -0.3 is 25.6 Å². The standard InChI is InChI=1S/C14H18N2O5/c1-7-14(20)16-9-5-8(3-4-11(9)21-7)13(19)10(15-2)6-12(17)18/h3-5,7,10,13,15,19H,6H2,1-2H3,(H,16,20)(H,17,18). The summed E-state index contributed by atoms with van der Waals surface area (Å²) in [6.45, 7) is 1.64. The van der Waals surface area contributed by atoms with E-state index < -0.39 is 24.2 Å². The van der Waals surface area contributed by atoms with Crippen molar-refractivity contribution in [2.45, 2.75) is 31.6 Å². The molecule has 3 atom stereocenters. The third kappa shape index (κ3) is 3.32. The number of rotatable bonds is 5. The molecule has 0 radical (unpaired) electrons. The van der Waals surface area contributed by atoms with Gasteiger partial charge in [-0.1, -0.05) is 6.07 Å². The molecule has 1 aliphatic rings. The van der Waals surface area contributed by atoms with E-state index in [1.54, 1.807) is 32.2 Å². The molecule has 114 valence electrons. The van der Waals surface area contributed by atoms with Crippen molar-refractivity contribution in [3.05, 3.63) is 23.8 Å². The summed E-state index contributed by atoms with van der Waals surface area (Å²) in [7, 11) is 1.59. The molecular formula is C14H18N2O5. The van der Waals surface area contributed by atoms with Gasteiger partial charge in [0.15, 0.2) is 6.10 Å². The van der Waals surface area contributed by atoms with Gasteiger partial charge in [-0.2, -0.15) is 0 Å². The van der Waals surface area contributed by atoms with Crippen molar-refractivity contribution in [1.82, 2.24) is 5.32 Å². The lowest BCUT2D eigenvalue weighted by Gasteiger charge is -2.26. The number of hydrogen-bond acceptors (Lipinski definition) is 5. The van der Waals surface area contributed by atoms with Gasteiger partial charge in [-0.05, 0) is 31.7 Å². The van der Waals surface area contributed by atoms with Crippen LogP contribution in [0.4, 0.5) is 5.69 Å². The van der Waals surface area contributed by atoms with E-state index in [4.69, 9.17) is 9.84 Å². The van der Waals surface area contributed by atoms with Crippen LogP contribution in [0.1, 0.15) is 25.0 Å². The highest BCUT2D eigenvalue weighted by Gasteiger charge is 2.26. The van der Waals surface area contributed by atoms with Crippen LogP contribution < -0.4 is 15.4 Å². The number of aliphatic hydroxyl groups is 1. The molecule has 1 aliphatic heterocycles. The number of anilines is 1. The summed E-state index contributed by atoms with van der Waals surface area (Å²) in [6, 6.07) is 4.27. The Balaban J connectivity index is 2.23. The number of nitrogens with one attached hydrogen (secondary N) is 2. The first-order valence-electron chi connectivity index (χ1n) is 6.61. The summed E-state index contributed by atoms with van der Waals surface area (Å²) < 4.78 is 5.43. The Morgan fingerprint density at radius 3 is 2.86 bits per heavy atom. The van der Waals surface area contributed by atoms with Crippen molar-refractivity contribution in [2.24, 2.45) is 0 Å². The lowest BCUT2D eigenvalue weighted by molar-refractivity contribution is -0.138. The highest BCUT2D eigenvalue weighted by atomic mass is 16.5. The van der Waals surface area contributed by atoms with Crippen LogP contribution in [-0.4, -0.2) is 41.3 Å². The molecule has 7 heteroatoms. The number of fused-ring (bicyclic) bond motifs is 1. The molecule has 0 spiro atoms. The Kier molecular flexibility index (Phi) is 4.44. The van der Waals surface area contributed by atoms with Crippen molar-refractivity contribution < 1.29 is 24.5 Å². The van der Waals surface area contributed by atoms with Crippen molar-refractivity contribution in [3.63, 3.8) is 0 Å². The summed E-state index contributed by atoms with van der Waals surface area (Å²) in [5.41, 5.74) is 0.979. The molecule has 0 aliphatic carbocycles. The van der Waals surface area contributed by atoms with Crippen molar-refractivity contribution in [3.8, 4) is 5.75 Å². The molecule has 3 unspecified atom stereocenters. The number of hydrogen-bond donors (Lipinski definition) is 4. The molecule has 0 bridgehead atoms. The first-order chi connectivity index (χ1) is 9.92. The molecule has 0 fully saturated rings. The molecule has 1 aromatic rings. The molecule has 21 heavy (non-hydrogen) atoms. The van der Waals surface area contributed by atoms with Crippen molar-refractivity contribution in [2.75, 3.05) is 12.4 Å². The van der Waals surface area contributed by atoms with Crippen LogP contribution in [0.15, 0.2) is 18.2 Å². The van der Waals surface area contributed by atoms with Gasteiger partial charge in [0.25, 0.3) is 5.91 Å². The third-order valence-corrected chi connectivity index (χ3v) is 3.42. The normalized spacial score (nSPS) is 20.0. The molecule has 1 amide bonds. The molecular weight excluding hydrogens is 276 g/mol. The maximum absolute atomic E-state index is 11.6. The van der Waals surface area contributed by atoms with Gasteiger partial charge in [0, 0.05) is 6.04 Å². The van der Waals surface area contributed by atoms with E-state index >= 15 is 0 Å². The van der Waals surface area contributed by atoms with E-state index in [0.29, 0.717) is 17.0 Å². The molecule has 0 saturated carbocycles. The van der Waals surface area contributed by atoms with Crippen LogP contribution in [0, 0.1) is 0 Å². The SMILES string of the molecule is CNC(CC(=O)O)C(O)c1ccc2c(c1)NC(=O)C(C)O2. The van der Waals surface area contributed by atoms with E-state index in [1.165, 1.54) is 0 Å². The molecule has 0 aromatic heterocycles. The minimum absolute atomic E-state index is 0.214. The number of likely N-dealkylation sites (N-methyl/N-ethyl adjacent to an activating group) is 1. The van der Waals surface area contributed by atoms with E-state index in [-0.39, 0.29) is 12.3 Å². The fourth-order valence-corrected chi connectivity index (χ4v) is 2.20. The van der Waals surface area contributed by atoms with E-state index in [2.05, 4.69) is 10.6 Å². The molecule has 1 heterocycles. The summed E-state index contributed by atoms with van der Waals surface area (Å²) in [4.78, 5) is 22.4. The van der Waals surface area contributed by atoms with Gasteiger partial charge in [0.2, 0.25) is 0 Å². The number of carboxylic acids is 1. The number of benzene rings is 1. The summed E-state index contributed by atoms with van der Waals surface area (Å²) in [5.74, 6) is -0.737. The minimum Gasteiger partial charge on any atom is -0.481 e. The maximum atomic E-state index is 11.6. The van der Waals surface area contributed by atoms with Crippen LogP contribution in [0.25, 0.3) is 0 Å². The number of carbonyl (C=O) groups excluding carboxylic acids is 1. The van der Waals surface area contributed by atoms with Gasteiger partial charge in [-0.15, -0.1) is 0 Å². The fourth-order valence-electron chi connectivity index (χ4n) is 2.20. The Hall–Kier alpha value is -2.12. The molecule has 4 N–H and O–H groups in total. The lowest BCUT2D eigenvalue weighted by atomic mass is 9.98. The largest absolute Gasteiger partial charge is 0.481 e. The Morgan fingerprint density at radius 1 is 1.52 bits per heavy atom. The first-order valence-corrected chi connectivity index (χ1v) is 6.61. The first kappa shape index (κ1) is 15.3. The number of carboxylic acid groups (broad SMARTS) is 1. The second-order valence-corrected chi connectivity index (χ2v) is 4.94. The number of amides is 1. The summed E-state index contributed by atoms with van der Waals surface area (Å²) in [5, 5.41) is 24.6. The quantitative estimate of drug-likeness (QED) is 0.630. The second-order valence-electron chi connectivity index (χ2n) is 4.94. The van der Waals surface area contributed by atoms with E-state index in [0.717, 1.165) is 0 Å². The highest BCUT2D eigenvalue weighted by Crippen LogP contribution is 2.33. The van der Waals surface area contributed by atoms with Crippen LogP contribution in [0.3, 0.4) is 0 Å². The van der Waals surface area contributed by atoms with E-state index in [9.17, 15) is 14.7 Å². The van der Waals surface area contributed by atoms with Gasteiger partial charge in [-0.25, -0.2) is 0 Å². The molecule has 2 rings (SSSR count). The molecule has 1 aromatic carbocycles. The van der Waals surface area contributed by atoms with Gasteiger partial charge >= 0.3 is 5.97 Å². The van der Waals surface area contributed by atoms with Crippen molar-refractivity contribution in [1.29, 1.82) is 0 Å². The predicted molar refractivity (Wildman–Crippen MR) is 75.2 cm³/mol. The number of aliphatic hydroxyl groups excluding tert-OH is 1. The van der Waals surface area contributed by atoms with Crippen molar-refractivity contribution >= 4 is 17.6 Å². The lowest BCUT2D eigenvalue weighted by Crippen LogP contribution is -2.35. The average Bonchev–Trinajstić information content (AvgIpc) is 2.44. The van der Waals surface area contributed by atoms with Gasteiger partial charge in [-0.3, -0.25) is 9.59 Å². The maximum Gasteiger partial charge on any atom is 0.305 e.